The molecule has 10 nitrogen and oxygen atoms in total. The summed E-state index contributed by atoms with van der Waals surface area (Å²) in [5.41, 5.74) is 5.12. The van der Waals surface area contributed by atoms with E-state index in [1.807, 2.05) is 54.9 Å². The van der Waals surface area contributed by atoms with E-state index < -0.39 is 0 Å². The quantitative estimate of drug-likeness (QED) is 0.384. The zero-order valence-corrected chi connectivity index (χ0v) is 20.3. The minimum Gasteiger partial charge on any atom is -0.457 e. The lowest BCUT2D eigenvalue weighted by atomic mass is 10.2. The first kappa shape index (κ1) is 21.5. The lowest BCUT2D eigenvalue weighted by Crippen LogP contribution is -2.25. The molecule has 3 aromatic heterocycles. The molecule has 182 valence electrons. The molecule has 2 fully saturated rings. The zero-order valence-electron chi connectivity index (χ0n) is 20.3. The van der Waals surface area contributed by atoms with Crippen molar-refractivity contribution >= 4 is 39.5 Å². The van der Waals surface area contributed by atoms with Gasteiger partial charge in [0.15, 0.2) is 5.82 Å². The average Bonchev–Trinajstić information content (AvgIpc) is 3.19. The van der Waals surface area contributed by atoms with Gasteiger partial charge >= 0.3 is 0 Å². The first-order valence-corrected chi connectivity index (χ1v) is 12.2. The Kier molecular flexibility index (Phi) is 4.72. The fraction of sp³-hybridized carbons (Fsp3) is 0.259. The number of benzene rings is 2. The van der Waals surface area contributed by atoms with E-state index >= 15 is 0 Å². The predicted octanol–water partition coefficient (Wildman–Crippen LogP) is 4.36. The van der Waals surface area contributed by atoms with Gasteiger partial charge in [0.05, 0.1) is 35.5 Å². The highest BCUT2D eigenvalue weighted by Crippen LogP contribution is 2.51. The number of hydrogen-bond acceptors (Lipinski definition) is 9. The number of piperidine rings is 1. The van der Waals surface area contributed by atoms with Crippen molar-refractivity contribution in [2.24, 2.45) is 24.8 Å². The minimum atomic E-state index is 0.186. The lowest BCUT2D eigenvalue weighted by Gasteiger charge is -2.19. The van der Waals surface area contributed by atoms with E-state index in [1.165, 1.54) is 6.33 Å². The molecule has 7 rings (SSSR count). The summed E-state index contributed by atoms with van der Waals surface area (Å²) < 4.78 is 8.13. The van der Waals surface area contributed by atoms with Crippen LogP contribution >= 0.6 is 0 Å². The van der Waals surface area contributed by atoms with Crippen molar-refractivity contribution in [3.8, 4) is 17.6 Å². The number of nitrogens with one attached hydrogen (secondary N) is 1. The van der Waals surface area contributed by atoms with Crippen LogP contribution in [0.15, 0.2) is 55.2 Å². The Morgan fingerprint density at radius 1 is 1.03 bits per heavy atom. The van der Waals surface area contributed by atoms with Crippen LogP contribution in [0.2, 0.25) is 0 Å². The number of aromatic nitrogens is 6. The van der Waals surface area contributed by atoms with Crippen LogP contribution in [0.3, 0.4) is 0 Å². The maximum atomic E-state index is 9.20. The van der Waals surface area contributed by atoms with E-state index in [0.29, 0.717) is 34.6 Å². The lowest BCUT2D eigenvalue weighted by molar-refractivity contribution is 0.479. The normalized spacial score (nSPS) is 20.1. The number of ether oxygens (including phenoxy) is 1. The Morgan fingerprint density at radius 3 is 2.70 bits per heavy atom. The van der Waals surface area contributed by atoms with Gasteiger partial charge in [-0.2, -0.15) is 5.26 Å². The first-order chi connectivity index (χ1) is 18.1. The first-order valence-electron chi connectivity index (χ1n) is 12.2. The molecule has 4 heterocycles. The predicted molar refractivity (Wildman–Crippen MR) is 139 cm³/mol. The molecule has 2 unspecified atom stereocenters. The second kappa shape index (κ2) is 8.13. The van der Waals surface area contributed by atoms with Crippen LogP contribution in [-0.2, 0) is 7.05 Å². The molecular weight excluding hydrogens is 466 g/mol. The number of hydrogen-bond donors (Lipinski definition) is 1. The Hall–Kier alpha value is -4.78. The molecule has 1 N–H and O–H groups in total. The van der Waals surface area contributed by atoms with Gasteiger partial charge < -0.3 is 19.5 Å². The molecule has 1 aliphatic carbocycles. The molecule has 0 spiro atoms. The van der Waals surface area contributed by atoms with Gasteiger partial charge in [-0.25, -0.2) is 24.9 Å². The highest BCUT2D eigenvalue weighted by molar-refractivity contribution is 5.87. The number of anilines is 3. The largest absolute Gasteiger partial charge is 0.457 e. The summed E-state index contributed by atoms with van der Waals surface area (Å²) in [6, 6.07) is 14.2. The standard InChI is InChI=1S/C27H23N9O/c1-15-7-16(3-6-24(15)37-17-4-5-23-21(8-17)32-14-35(23)2)33-26-25-22(30-13-31-26)10-29-27(34-25)36-11-19-18(9-28)20(19)12-36/h3-8,10,13-14,18-20H,11-12H2,1-2H3,(H,30,31,33). The van der Waals surface area contributed by atoms with Crippen LogP contribution in [0.5, 0.6) is 11.5 Å². The second-order valence-corrected chi connectivity index (χ2v) is 9.73. The molecule has 2 aromatic carbocycles. The average molecular weight is 490 g/mol. The van der Waals surface area contributed by atoms with Gasteiger partial charge in [0, 0.05) is 31.9 Å². The van der Waals surface area contributed by atoms with Crippen LogP contribution in [0.25, 0.3) is 22.1 Å². The summed E-state index contributed by atoms with van der Waals surface area (Å²) >= 11 is 0. The Balaban J connectivity index is 1.12. The van der Waals surface area contributed by atoms with E-state index in [1.54, 1.807) is 12.5 Å². The number of fused-ring (bicyclic) bond motifs is 3. The summed E-state index contributed by atoms with van der Waals surface area (Å²) in [5.74, 6) is 3.82. The van der Waals surface area contributed by atoms with E-state index in [-0.39, 0.29) is 5.92 Å². The molecule has 2 atom stereocenters. The van der Waals surface area contributed by atoms with Gasteiger partial charge in [-0.05, 0) is 54.7 Å². The third-order valence-corrected chi connectivity index (χ3v) is 7.35. The molecule has 1 saturated carbocycles. The summed E-state index contributed by atoms with van der Waals surface area (Å²) in [6.45, 7) is 3.64. The maximum absolute atomic E-state index is 9.20. The van der Waals surface area contributed by atoms with Crippen LogP contribution < -0.4 is 15.0 Å². The number of imidazole rings is 1. The molecule has 0 radical (unpaired) electrons. The number of nitriles is 1. The van der Waals surface area contributed by atoms with E-state index in [4.69, 9.17) is 9.72 Å². The Morgan fingerprint density at radius 2 is 1.89 bits per heavy atom. The van der Waals surface area contributed by atoms with Crippen molar-refractivity contribution < 1.29 is 4.74 Å². The Labute approximate surface area is 212 Å². The van der Waals surface area contributed by atoms with E-state index in [0.717, 1.165) is 46.9 Å². The number of aryl methyl sites for hydroxylation is 2. The number of rotatable bonds is 5. The maximum Gasteiger partial charge on any atom is 0.226 e. The molecule has 0 amide bonds. The van der Waals surface area contributed by atoms with Crippen LogP contribution in [0.4, 0.5) is 17.5 Å². The number of nitrogens with zero attached hydrogens (tertiary/aromatic N) is 8. The molecule has 1 saturated heterocycles. The van der Waals surface area contributed by atoms with Gasteiger partial charge in [0.2, 0.25) is 5.95 Å². The fourth-order valence-corrected chi connectivity index (χ4v) is 5.25. The monoisotopic (exact) mass is 489 g/mol. The smallest absolute Gasteiger partial charge is 0.226 e. The van der Waals surface area contributed by atoms with Crippen molar-refractivity contribution in [3.05, 3.63) is 60.8 Å². The van der Waals surface area contributed by atoms with Crippen molar-refractivity contribution in [1.82, 2.24) is 29.5 Å². The highest BCUT2D eigenvalue weighted by atomic mass is 16.5. The molecular formula is C27H23N9O. The third-order valence-electron chi connectivity index (χ3n) is 7.35. The fourth-order valence-electron chi connectivity index (χ4n) is 5.25. The topological polar surface area (TPSA) is 118 Å². The van der Waals surface area contributed by atoms with Gasteiger partial charge in [0.25, 0.3) is 0 Å². The second-order valence-electron chi connectivity index (χ2n) is 9.73. The third kappa shape index (κ3) is 3.67. The van der Waals surface area contributed by atoms with Crippen molar-refractivity contribution in [3.63, 3.8) is 0 Å². The van der Waals surface area contributed by atoms with Crippen LogP contribution in [0, 0.1) is 36.0 Å². The molecule has 5 aromatic rings. The molecule has 2 aliphatic rings. The minimum absolute atomic E-state index is 0.186. The van der Waals surface area contributed by atoms with Crippen molar-refractivity contribution in [1.29, 1.82) is 5.26 Å². The summed E-state index contributed by atoms with van der Waals surface area (Å²) in [4.78, 5) is 24.7. The zero-order chi connectivity index (χ0) is 25.1. The van der Waals surface area contributed by atoms with Crippen LogP contribution in [-0.4, -0.2) is 42.6 Å². The van der Waals surface area contributed by atoms with Crippen molar-refractivity contribution in [2.75, 3.05) is 23.3 Å². The SMILES string of the molecule is Cc1cc(Nc2ncnc3cnc(N4CC5C(C#N)C5C4)nc23)ccc1Oc1ccc2c(c1)ncn2C. The van der Waals surface area contributed by atoms with Crippen molar-refractivity contribution in [2.45, 2.75) is 6.92 Å². The molecule has 1 aliphatic heterocycles. The summed E-state index contributed by atoms with van der Waals surface area (Å²) in [7, 11) is 1.97. The Bertz CT molecular complexity index is 1710. The molecule has 10 heteroatoms. The van der Waals surface area contributed by atoms with Gasteiger partial charge in [0.1, 0.15) is 28.9 Å². The van der Waals surface area contributed by atoms with Gasteiger partial charge in [-0.3, -0.25) is 0 Å². The summed E-state index contributed by atoms with van der Waals surface area (Å²) in [5, 5.41) is 12.6. The van der Waals surface area contributed by atoms with Crippen LogP contribution in [0.1, 0.15) is 5.56 Å². The highest BCUT2D eigenvalue weighted by Gasteiger charge is 2.56. The molecule has 37 heavy (non-hydrogen) atoms. The summed E-state index contributed by atoms with van der Waals surface area (Å²) in [6.07, 6.45) is 5.04. The van der Waals surface area contributed by atoms with Gasteiger partial charge in [-0.1, -0.05) is 0 Å². The van der Waals surface area contributed by atoms with E-state index in [9.17, 15) is 5.26 Å². The molecule has 0 bridgehead atoms. The van der Waals surface area contributed by atoms with E-state index in [2.05, 4.69) is 36.2 Å². The van der Waals surface area contributed by atoms with Gasteiger partial charge in [-0.15, -0.1) is 0 Å².